The van der Waals surface area contributed by atoms with E-state index in [0.717, 1.165) is 37.4 Å². The smallest absolute Gasteiger partial charge is 0.133 e. The van der Waals surface area contributed by atoms with Crippen LogP contribution in [0.15, 0.2) is 12.1 Å². The highest BCUT2D eigenvalue weighted by atomic mass is 32.2. The number of hydrogen-bond donors (Lipinski definition) is 0. The van der Waals surface area contributed by atoms with Crippen LogP contribution in [0.4, 0.5) is 0 Å². The van der Waals surface area contributed by atoms with Crippen molar-refractivity contribution in [2.45, 2.75) is 40.0 Å². The van der Waals surface area contributed by atoms with E-state index in [1.54, 1.807) is 0 Å². The molecule has 0 unspecified atom stereocenters. The van der Waals surface area contributed by atoms with Crippen molar-refractivity contribution in [2.24, 2.45) is 0 Å². The largest absolute Gasteiger partial charge is 0.493 e. The third-order valence-electron chi connectivity index (χ3n) is 2.85. The lowest BCUT2D eigenvalue weighted by Crippen LogP contribution is -2.00. The van der Waals surface area contributed by atoms with Gasteiger partial charge in [-0.1, -0.05) is 13.0 Å². The summed E-state index contributed by atoms with van der Waals surface area (Å²) in [5.41, 5.74) is 3.86. The fraction of sp³-hybridized carbons (Fsp3) is 0.533. The Kier molecular flexibility index (Phi) is 6.67. The Morgan fingerprint density at radius 2 is 2.06 bits per heavy atom. The van der Waals surface area contributed by atoms with Crippen LogP contribution in [-0.4, -0.2) is 12.4 Å². The maximum absolute atomic E-state index is 8.48. The molecule has 1 aromatic rings. The number of benzene rings is 1. The first-order chi connectivity index (χ1) is 8.69. The summed E-state index contributed by atoms with van der Waals surface area (Å²) >= 11 is 1.33. The first-order valence-corrected chi connectivity index (χ1v) is 7.41. The van der Waals surface area contributed by atoms with E-state index in [4.69, 9.17) is 10.00 Å². The molecule has 0 saturated carbocycles. The Morgan fingerprint density at radius 3 is 2.72 bits per heavy atom. The van der Waals surface area contributed by atoms with Crippen molar-refractivity contribution < 1.29 is 4.74 Å². The van der Waals surface area contributed by atoms with E-state index in [0.29, 0.717) is 0 Å². The van der Waals surface area contributed by atoms with Gasteiger partial charge in [-0.15, -0.1) is 0 Å². The molecule has 0 radical (unpaired) electrons. The van der Waals surface area contributed by atoms with E-state index in [2.05, 4.69) is 38.3 Å². The quantitative estimate of drug-likeness (QED) is 0.545. The second-order valence-electron chi connectivity index (χ2n) is 4.44. The standard InChI is InChI=1S/C15H21NOS/c1-4-7-17-15-10-12(2)14(9-13(15)3)6-5-8-18-11-16/h9-10H,4-8H2,1-3H3. The van der Waals surface area contributed by atoms with Gasteiger partial charge in [0.2, 0.25) is 0 Å². The van der Waals surface area contributed by atoms with Gasteiger partial charge in [-0.05, 0) is 67.6 Å². The molecule has 18 heavy (non-hydrogen) atoms. The van der Waals surface area contributed by atoms with Crippen molar-refractivity contribution in [1.29, 1.82) is 5.26 Å². The summed E-state index contributed by atoms with van der Waals surface area (Å²) in [5.74, 6) is 1.91. The van der Waals surface area contributed by atoms with E-state index in [1.807, 2.05) is 0 Å². The topological polar surface area (TPSA) is 33.0 Å². The van der Waals surface area contributed by atoms with Crippen molar-refractivity contribution in [3.63, 3.8) is 0 Å². The molecule has 0 bridgehead atoms. The molecule has 0 saturated heterocycles. The number of rotatable bonds is 7. The predicted octanol–water partition coefficient (Wildman–Crippen LogP) is 4.24. The average Bonchev–Trinajstić information content (AvgIpc) is 2.36. The fourth-order valence-electron chi connectivity index (χ4n) is 1.87. The normalized spacial score (nSPS) is 10.1. The van der Waals surface area contributed by atoms with Crippen LogP contribution in [-0.2, 0) is 6.42 Å². The third-order valence-corrected chi connectivity index (χ3v) is 3.47. The number of thiocyanates is 1. The lowest BCUT2D eigenvalue weighted by Gasteiger charge is -2.13. The highest BCUT2D eigenvalue weighted by Crippen LogP contribution is 2.24. The number of aryl methyl sites for hydroxylation is 3. The first-order valence-electron chi connectivity index (χ1n) is 6.42. The summed E-state index contributed by atoms with van der Waals surface area (Å²) in [7, 11) is 0. The molecular weight excluding hydrogens is 242 g/mol. The van der Waals surface area contributed by atoms with Gasteiger partial charge in [0.15, 0.2) is 0 Å². The molecule has 3 heteroatoms. The van der Waals surface area contributed by atoms with Gasteiger partial charge < -0.3 is 4.74 Å². The lowest BCUT2D eigenvalue weighted by atomic mass is 10.0. The van der Waals surface area contributed by atoms with Gasteiger partial charge in [0.25, 0.3) is 0 Å². The number of nitrogens with zero attached hydrogens (tertiary/aromatic N) is 1. The van der Waals surface area contributed by atoms with Crippen LogP contribution in [0.5, 0.6) is 5.75 Å². The van der Waals surface area contributed by atoms with Gasteiger partial charge in [0.05, 0.1) is 6.61 Å². The average molecular weight is 263 g/mol. The Bertz CT molecular complexity index is 423. The maximum atomic E-state index is 8.48. The number of thioether (sulfide) groups is 1. The molecule has 0 amide bonds. The van der Waals surface area contributed by atoms with E-state index in [9.17, 15) is 0 Å². The van der Waals surface area contributed by atoms with Gasteiger partial charge in [-0.3, -0.25) is 0 Å². The SMILES string of the molecule is CCCOc1cc(C)c(CCCSC#N)cc1C. The third kappa shape index (κ3) is 4.62. The van der Waals surface area contributed by atoms with Crippen LogP contribution in [0.3, 0.4) is 0 Å². The van der Waals surface area contributed by atoms with Crippen LogP contribution in [0.1, 0.15) is 36.5 Å². The van der Waals surface area contributed by atoms with Gasteiger partial charge >= 0.3 is 0 Å². The summed E-state index contributed by atoms with van der Waals surface area (Å²) < 4.78 is 5.72. The maximum Gasteiger partial charge on any atom is 0.133 e. The zero-order chi connectivity index (χ0) is 13.4. The predicted molar refractivity (Wildman–Crippen MR) is 78.1 cm³/mol. The summed E-state index contributed by atoms with van der Waals surface area (Å²) in [6, 6.07) is 4.36. The highest BCUT2D eigenvalue weighted by molar-refractivity contribution is 8.03. The minimum Gasteiger partial charge on any atom is -0.493 e. The van der Waals surface area contributed by atoms with Crippen molar-refractivity contribution in [3.8, 4) is 11.2 Å². The second kappa shape index (κ2) is 8.05. The lowest BCUT2D eigenvalue weighted by molar-refractivity contribution is 0.315. The van der Waals surface area contributed by atoms with Crippen molar-refractivity contribution in [1.82, 2.24) is 0 Å². The zero-order valence-corrected chi connectivity index (χ0v) is 12.3. The fourth-order valence-corrected chi connectivity index (χ4v) is 2.25. The van der Waals surface area contributed by atoms with Crippen LogP contribution in [0.2, 0.25) is 0 Å². The minimum absolute atomic E-state index is 0.776. The number of hydrogen-bond acceptors (Lipinski definition) is 3. The Hall–Kier alpha value is -1.14. The van der Waals surface area contributed by atoms with E-state index < -0.39 is 0 Å². The molecule has 0 aromatic heterocycles. The molecule has 0 N–H and O–H groups in total. The highest BCUT2D eigenvalue weighted by Gasteiger charge is 2.05. The molecule has 0 fully saturated rings. The molecule has 0 spiro atoms. The second-order valence-corrected chi connectivity index (χ2v) is 5.32. The Morgan fingerprint density at radius 1 is 1.28 bits per heavy atom. The van der Waals surface area contributed by atoms with E-state index in [1.165, 1.54) is 28.5 Å². The van der Waals surface area contributed by atoms with Crippen molar-refractivity contribution in [3.05, 3.63) is 28.8 Å². The van der Waals surface area contributed by atoms with Crippen LogP contribution in [0.25, 0.3) is 0 Å². The Balaban J connectivity index is 2.65. The van der Waals surface area contributed by atoms with Crippen molar-refractivity contribution in [2.75, 3.05) is 12.4 Å². The number of ether oxygens (including phenoxy) is 1. The van der Waals surface area contributed by atoms with E-state index >= 15 is 0 Å². The molecule has 0 aliphatic carbocycles. The van der Waals surface area contributed by atoms with Crippen LogP contribution in [0, 0.1) is 24.5 Å². The minimum atomic E-state index is 0.776. The molecule has 1 aromatic carbocycles. The van der Waals surface area contributed by atoms with Gasteiger partial charge in [-0.25, -0.2) is 0 Å². The molecule has 0 aliphatic rings. The van der Waals surface area contributed by atoms with Crippen LogP contribution < -0.4 is 4.74 Å². The van der Waals surface area contributed by atoms with Crippen molar-refractivity contribution >= 4 is 11.8 Å². The summed E-state index contributed by atoms with van der Waals surface area (Å²) in [4.78, 5) is 0. The molecular formula is C15H21NOS. The Labute approximate surface area is 114 Å². The van der Waals surface area contributed by atoms with Crippen LogP contribution >= 0.6 is 11.8 Å². The molecule has 98 valence electrons. The monoisotopic (exact) mass is 263 g/mol. The molecule has 2 nitrogen and oxygen atoms in total. The van der Waals surface area contributed by atoms with E-state index in [-0.39, 0.29) is 0 Å². The molecule has 0 heterocycles. The first kappa shape index (κ1) is 14.9. The summed E-state index contributed by atoms with van der Waals surface area (Å²) in [6.45, 7) is 7.12. The zero-order valence-electron chi connectivity index (χ0n) is 11.5. The van der Waals surface area contributed by atoms with Gasteiger partial charge in [-0.2, -0.15) is 5.26 Å². The summed E-state index contributed by atoms with van der Waals surface area (Å²) in [5, 5.41) is 10.6. The molecule has 1 rings (SSSR count). The molecule has 0 atom stereocenters. The molecule has 0 aliphatic heterocycles. The number of nitriles is 1. The summed E-state index contributed by atoms with van der Waals surface area (Å²) in [6.07, 6.45) is 3.12. The van der Waals surface area contributed by atoms with Gasteiger partial charge in [0.1, 0.15) is 11.2 Å². The van der Waals surface area contributed by atoms with Gasteiger partial charge in [0, 0.05) is 5.75 Å².